The predicted molar refractivity (Wildman–Crippen MR) is 143 cm³/mol. The zero-order chi connectivity index (χ0) is 26.3. The number of aromatic nitrogens is 1. The van der Waals surface area contributed by atoms with Crippen LogP contribution in [0.15, 0.2) is 77.7 Å². The number of phenolic OH excluding ortho intramolecular Hbond substituents is 1. The summed E-state index contributed by atoms with van der Waals surface area (Å²) in [5.74, 6) is 1.66. The van der Waals surface area contributed by atoms with E-state index in [0.29, 0.717) is 36.0 Å². The van der Waals surface area contributed by atoms with Crippen LogP contribution in [-0.2, 0) is 18.5 Å². The van der Waals surface area contributed by atoms with Crippen LogP contribution in [-0.4, -0.2) is 30.3 Å². The van der Waals surface area contributed by atoms with Crippen LogP contribution in [0.4, 0.5) is 18.9 Å². The van der Waals surface area contributed by atoms with Gasteiger partial charge >= 0.3 is 6.18 Å². The van der Waals surface area contributed by atoms with E-state index in [2.05, 4.69) is 10.6 Å². The van der Waals surface area contributed by atoms with Gasteiger partial charge in [-0.15, -0.1) is 23.1 Å². The van der Waals surface area contributed by atoms with Gasteiger partial charge in [-0.25, -0.2) is 4.98 Å². The summed E-state index contributed by atoms with van der Waals surface area (Å²) < 4.78 is 44.1. The highest BCUT2D eigenvalue weighted by Gasteiger charge is 2.30. The van der Waals surface area contributed by atoms with E-state index in [1.54, 1.807) is 31.0 Å². The average molecular weight is 546 g/mol. The van der Waals surface area contributed by atoms with Crippen LogP contribution in [0, 0.1) is 0 Å². The molecule has 0 unspecified atom stereocenters. The van der Waals surface area contributed by atoms with E-state index in [9.17, 15) is 18.3 Å². The van der Waals surface area contributed by atoms with Crippen LogP contribution < -0.4 is 15.4 Å². The van der Waals surface area contributed by atoms with Crippen molar-refractivity contribution in [1.29, 1.82) is 0 Å². The summed E-state index contributed by atoms with van der Waals surface area (Å²) in [7, 11) is 1.63. The first-order valence-electron chi connectivity index (χ1n) is 11.5. The van der Waals surface area contributed by atoms with Crippen molar-refractivity contribution in [3.05, 3.63) is 88.9 Å². The second-order valence-corrected chi connectivity index (χ2v) is 10.2. The van der Waals surface area contributed by atoms with Crippen molar-refractivity contribution < 1.29 is 23.0 Å². The van der Waals surface area contributed by atoms with Gasteiger partial charge in [0, 0.05) is 46.4 Å². The van der Waals surface area contributed by atoms with Gasteiger partial charge in [-0.2, -0.15) is 13.2 Å². The van der Waals surface area contributed by atoms with Crippen molar-refractivity contribution >= 4 is 28.8 Å². The van der Waals surface area contributed by atoms with Crippen molar-refractivity contribution in [3.63, 3.8) is 0 Å². The van der Waals surface area contributed by atoms with Crippen LogP contribution >= 0.6 is 23.1 Å². The number of methoxy groups -OCH3 is 1. The number of hydrogen-bond acceptors (Lipinski definition) is 7. The minimum absolute atomic E-state index is 0.208. The normalized spacial score (nSPS) is 11.5. The molecule has 10 heteroatoms. The second kappa shape index (κ2) is 12.4. The van der Waals surface area contributed by atoms with E-state index in [0.717, 1.165) is 39.0 Å². The Bertz CT molecular complexity index is 1280. The van der Waals surface area contributed by atoms with Crippen molar-refractivity contribution in [2.75, 3.05) is 25.5 Å². The van der Waals surface area contributed by atoms with Crippen LogP contribution in [0.2, 0.25) is 0 Å². The first-order chi connectivity index (χ1) is 17.8. The van der Waals surface area contributed by atoms with E-state index < -0.39 is 11.7 Å². The Hall–Kier alpha value is -3.21. The molecule has 0 atom stereocenters. The summed E-state index contributed by atoms with van der Waals surface area (Å²) in [6.07, 6.45) is -4.37. The summed E-state index contributed by atoms with van der Waals surface area (Å²) in [6, 6.07) is 19.8. The Labute approximate surface area is 221 Å². The monoisotopic (exact) mass is 545 g/mol. The van der Waals surface area contributed by atoms with Crippen LogP contribution in [0.5, 0.6) is 11.5 Å². The third-order valence-corrected chi connectivity index (χ3v) is 7.83. The summed E-state index contributed by atoms with van der Waals surface area (Å²) in [5.41, 5.74) is 1.84. The Balaban J connectivity index is 1.41. The summed E-state index contributed by atoms with van der Waals surface area (Å²) in [4.78, 5) is 6.81. The second-order valence-electron chi connectivity index (χ2n) is 8.08. The number of phenols is 1. The van der Waals surface area contributed by atoms with E-state index in [1.165, 1.54) is 23.5 Å². The summed E-state index contributed by atoms with van der Waals surface area (Å²) in [6.45, 7) is 1.94. The molecule has 5 nitrogen and oxygen atoms in total. The maximum absolute atomic E-state index is 13.0. The lowest BCUT2D eigenvalue weighted by atomic mass is 10.1. The predicted octanol–water partition coefficient (Wildman–Crippen LogP) is 7.04. The Morgan fingerprint density at radius 3 is 2.30 bits per heavy atom. The van der Waals surface area contributed by atoms with Gasteiger partial charge in [-0.1, -0.05) is 12.1 Å². The van der Waals surface area contributed by atoms with Crippen molar-refractivity contribution in [2.45, 2.75) is 23.4 Å². The molecule has 4 rings (SSSR count). The van der Waals surface area contributed by atoms with Gasteiger partial charge in [0.1, 0.15) is 16.5 Å². The molecule has 0 radical (unpaired) electrons. The summed E-state index contributed by atoms with van der Waals surface area (Å²) in [5, 5.41) is 16.9. The molecule has 0 aliphatic heterocycles. The maximum Gasteiger partial charge on any atom is 0.416 e. The largest absolute Gasteiger partial charge is 0.508 e. The van der Waals surface area contributed by atoms with Gasteiger partial charge in [0.15, 0.2) is 0 Å². The zero-order valence-corrected chi connectivity index (χ0v) is 21.6. The minimum Gasteiger partial charge on any atom is -0.508 e. The number of ether oxygens (including phenoxy) is 1. The molecule has 1 heterocycles. The van der Waals surface area contributed by atoms with Gasteiger partial charge in [-0.3, -0.25) is 0 Å². The Kier molecular flexibility index (Phi) is 8.96. The number of anilines is 1. The number of alkyl halides is 3. The van der Waals surface area contributed by atoms with Gasteiger partial charge in [0.05, 0.1) is 18.4 Å². The quantitative estimate of drug-likeness (QED) is 0.139. The van der Waals surface area contributed by atoms with Crippen LogP contribution in [0.1, 0.15) is 16.1 Å². The molecule has 0 amide bonds. The summed E-state index contributed by atoms with van der Waals surface area (Å²) >= 11 is 3.10. The van der Waals surface area contributed by atoms with Crippen LogP contribution in [0.3, 0.4) is 0 Å². The fourth-order valence-corrected chi connectivity index (χ4v) is 5.55. The van der Waals surface area contributed by atoms with E-state index in [1.807, 2.05) is 36.4 Å². The molecule has 3 N–H and O–H groups in total. The first-order valence-corrected chi connectivity index (χ1v) is 13.3. The Morgan fingerprint density at radius 2 is 1.65 bits per heavy atom. The van der Waals surface area contributed by atoms with Crippen LogP contribution in [0.25, 0.3) is 10.6 Å². The molecule has 1 aromatic heterocycles. The standard InChI is InChI=1S/C27H26F3N3O2S2/c1-35-22-10-6-20(7-11-22)32-15-14-31-16-24-25(17-36-23-12-8-21(34)9-13-23)37-26(33-24)18-2-4-19(5-3-18)27(28,29)30/h2-13,31-32,34H,14-17H2,1H3. The number of rotatable bonds is 11. The number of halogens is 3. The number of nitrogens with one attached hydrogen (secondary N) is 2. The van der Waals surface area contributed by atoms with E-state index >= 15 is 0 Å². The molecule has 37 heavy (non-hydrogen) atoms. The highest BCUT2D eigenvalue weighted by atomic mass is 32.2. The van der Waals surface area contributed by atoms with Gasteiger partial charge < -0.3 is 20.5 Å². The smallest absolute Gasteiger partial charge is 0.416 e. The van der Waals surface area contributed by atoms with E-state index in [4.69, 9.17) is 9.72 Å². The molecule has 194 valence electrons. The molecule has 0 fully saturated rings. The lowest BCUT2D eigenvalue weighted by Crippen LogP contribution is -2.22. The Morgan fingerprint density at radius 1 is 0.946 bits per heavy atom. The molecule has 4 aromatic rings. The molecule has 0 saturated carbocycles. The number of hydrogen-bond donors (Lipinski definition) is 3. The van der Waals surface area contributed by atoms with Crippen molar-refractivity contribution in [3.8, 4) is 22.1 Å². The highest BCUT2D eigenvalue weighted by Crippen LogP contribution is 2.35. The first kappa shape index (κ1) is 26.8. The van der Waals surface area contributed by atoms with Crippen molar-refractivity contribution in [1.82, 2.24) is 10.3 Å². The molecule has 0 aliphatic rings. The fraction of sp³-hybridized carbons (Fsp3) is 0.222. The molecule has 0 saturated heterocycles. The zero-order valence-electron chi connectivity index (χ0n) is 20.0. The minimum atomic E-state index is -4.37. The lowest BCUT2D eigenvalue weighted by Gasteiger charge is -2.09. The lowest BCUT2D eigenvalue weighted by molar-refractivity contribution is -0.137. The average Bonchev–Trinajstić information content (AvgIpc) is 3.31. The highest BCUT2D eigenvalue weighted by molar-refractivity contribution is 7.98. The topological polar surface area (TPSA) is 66.4 Å². The molecule has 3 aromatic carbocycles. The molecule has 0 bridgehead atoms. The fourth-order valence-electron chi connectivity index (χ4n) is 3.46. The molecular formula is C27H26F3N3O2S2. The van der Waals surface area contributed by atoms with Gasteiger partial charge in [-0.05, 0) is 60.7 Å². The number of benzene rings is 3. The molecule has 0 spiro atoms. The number of nitrogens with zero attached hydrogens (tertiary/aromatic N) is 1. The number of thiazole rings is 1. The SMILES string of the molecule is COc1ccc(NCCNCc2nc(-c3ccc(C(F)(F)F)cc3)sc2CSc2ccc(O)cc2)cc1. The molecule has 0 aliphatic carbocycles. The number of thioether (sulfide) groups is 1. The van der Waals surface area contributed by atoms with Gasteiger partial charge in [0.2, 0.25) is 0 Å². The maximum atomic E-state index is 13.0. The van der Waals surface area contributed by atoms with Gasteiger partial charge in [0.25, 0.3) is 0 Å². The third kappa shape index (κ3) is 7.64. The molecular weight excluding hydrogens is 519 g/mol. The van der Waals surface area contributed by atoms with E-state index in [-0.39, 0.29) is 5.75 Å². The number of aromatic hydroxyl groups is 1. The third-order valence-electron chi connectivity index (χ3n) is 5.46. The van der Waals surface area contributed by atoms with Crippen molar-refractivity contribution in [2.24, 2.45) is 0 Å².